The summed E-state index contributed by atoms with van der Waals surface area (Å²) in [6.07, 6.45) is 2.92. The van der Waals surface area contributed by atoms with Crippen LogP contribution in [0, 0.1) is 12.8 Å². The summed E-state index contributed by atoms with van der Waals surface area (Å²) < 4.78 is 2.35. The maximum absolute atomic E-state index is 11.9. The van der Waals surface area contributed by atoms with Gasteiger partial charge in [0.25, 0.3) is 5.56 Å². The molecule has 7 nitrogen and oxygen atoms in total. The third-order valence-corrected chi connectivity index (χ3v) is 3.51. The van der Waals surface area contributed by atoms with E-state index in [9.17, 15) is 14.4 Å². The zero-order valence-corrected chi connectivity index (χ0v) is 12.8. The fourth-order valence-corrected chi connectivity index (χ4v) is 2.05. The molecular formula is C14H21N3O4. The molecule has 0 saturated carbocycles. The van der Waals surface area contributed by atoms with Crippen molar-refractivity contribution in [3.05, 3.63) is 26.4 Å². The van der Waals surface area contributed by atoms with Crippen LogP contribution in [0.25, 0.3) is 0 Å². The second-order valence-electron chi connectivity index (χ2n) is 5.03. The molecule has 7 heteroatoms. The molecule has 0 aliphatic heterocycles. The molecule has 0 amide bonds. The van der Waals surface area contributed by atoms with Crippen LogP contribution in [0.2, 0.25) is 0 Å². The molecule has 116 valence electrons. The molecule has 0 aliphatic carbocycles. The number of rotatable bonds is 6. The van der Waals surface area contributed by atoms with Gasteiger partial charge >= 0.3 is 11.7 Å². The van der Waals surface area contributed by atoms with Crippen molar-refractivity contribution in [2.24, 2.45) is 25.0 Å². The van der Waals surface area contributed by atoms with Gasteiger partial charge in [0.2, 0.25) is 0 Å². The Hall–Kier alpha value is -2.18. The van der Waals surface area contributed by atoms with Gasteiger partial charge in [-0.3, -0.25) is 18.7 Å². The quantitative estimate of drug-likeness (QED) is 0.792. The van der Waals surface area contributed by atoms with E-state index < -0.39 is 11.7 Å². The molecule has 1 aromatic heterocycles. The summed E-state index contributed by atoms with van der Waals surface area (Å²) in [5, 5.41) is 8.70. The normalized spacial score (nSPS) is 12.8. The number of aromatic nitrogens is 2. The molecule has 0 saturated heterocycles. The van der Waals surface area contributed by atoms with Crippen molar-refractivity contribution in [3.63, 3.8) is 0 Å². The van der Waals surface area contributed by atoms with Crippen LogP contribution in [0.4, 0.5) is 5.82 Å². The van der Waals surface area contributed by atoms with Crippen LogP contribution in [-0.2, 0) is 18.9 Å². The van der Waals surface area contributed by atoms with E-state index in [0.29, 0.717) is 17.8 Å². The molecule has 1 rings (SSSR count). The fraction of sp³-hybridized carbons (Fsp3) is 0.571. The number of carbonyl (C=O) groups is 1. The van der Waals surface area contributed by atoms with Crippen molar-refractivity contribution in [2.45, 2.75) is 33.1 Å². The minimum atomic E-state index is -0.848. The van der Waals surface area contributed by atoms with E-state index >= 15 is 0 Å². The predicted octanol–water partition coefficient (Wildman–Crippen LogP) is 0.986. The van der Waals surface area contributed by atoms with E-state index in [1.54, 1.807) is 20.2 Å². The zero-order valence-electron chi connectivity index (χ0n) is 12.8. The molecule has 0 bridgehead atoms. The van der Waals surface area contributed by atoms with Gasteiger partial charge in [-0.1, -0.05) is 6.92 Å². The highest BCUT2D eigenvalue weighted by Gasteiger charge is 2.12. The Morgan fingerprint density at radius 1 is 1.33 bits per heavy atom. The SMILES string of the molecule is CCC(C=Nc1c(C)c(=O)n(C)c(=O)n1C)CCC(=O)O. The van der Waals surface area contributed by atoms with Crippen LogP contribution >= 0.6 is 0 Å². The number of hydrogen-bond donors (Lipinski definition) is 1. The van der Waals surface area contributed by atoms with Gasteiger partial charge < -0.3 is 5.11 Å². The minimum Gasteiger partial charge on any atom is -0.481 e. The standard InChI is InChI=1S/C14H21N3O4/c1-5-10(6-7-11(18)19)8-15-12-9(2)13(20)17(4)14(21)16(12)3/h8,10H,5-7H2,1-4H3,(H,18,19). The van der Waals surface area contributed by atoms with Gasteiger partial charge in [0.1, 0.15) is 5.82 Å². The van der Waals surface area contributed by atoms with Gasteiger partial charge in [-0.2, -0.15) is 0 Å². The van der Waals surface area contributed by atoms with E-state index in [0.717, 1.165) is 11.0 Å². The van der Waals surface area contributed by atoms with Crippen molar-refractivity contribution < 1.29 is 9.90 Å². The lowest BCUT2D eigenvalue weighted by Crippen LogP contribution is -2.38. The third kappa shape index (κ3) is 3.90. The molecule has 1 N–H and O–H groups in total. The summed E-state index contributed by atoms with van der Waals surface area (Å²) in [6.45, 7) is 3.56. The van der Waals surface area contributed by atoms with Crippen molar-refractivity contribution in [2.75, 3.05) is 0 Å². The maximum atomic E-state index is 11.9. The lowest BCUT2D eigenvalue weighted by atomic mass is 10.0. The molecule has 0 spiro atoms. The molecule has 0 radical (unpaired) electrons. The topological polar surface area (TPSA) is 93.7 Å². The molecule has 1 unspecified atom stereocenters. The maximum Gasteiger partial charge on any atom is 0.332 e. The Morgan fingerprint density at radius 3 is 2.48 bits per heavy atom. The third-order valence-electron chi connectivity index (χ3n) is 3.51. The molecular weight excluding hydrogens is 274 g/mol. The number of carboxylic acids is 1. The second kappa shape index (κ2) is 7.01. The first-order valence-electron chi connectivity index (χ1n) is 6.82. The summed E-state index contributed by atoms with van der Waals surface area (Å²) in [5.74, 6) is -0.532. The molecule has 0 aliphatic rings. The molecule has 1 heterocycles. The first kappa shape index (κ1) is 16.9. The Labute approximate surface area is 122 Å². The van der Waals surface area contributed by atoms with Crippen LogP contribution in [0.15, 0.2) is 14.6 Å². The van der Waals surface area contributed by atoms with Crippen LogP contribution < -0.4 is 11.2 Å². The fourth-order valence-electron chi connectivity index (χ4n) is 2.05. The van der Waals surface area contributed by atoms with Crippen molar-refractivity contribution in [3.8, 4) is 0 Å². The van der Waals surface area contributed by atoms with Gasteiger partial charge in [-0.05, 0) is 25.7 Å². The number of nitrogens with zero attached hydrogens (tertiary/aromatic N) is 3. The summed E-state index contributed by atoms with van der Waals surface area (Å²) in [6, 6.07) is 0. The summed E-state index contributed by atoms with van der Waals surface area (Å²) >= 11 is 0. The van der Waals surface area contributed by atoms with Gasteiger partial charge in [0, 0.05) is 26.7 Å². The van der Waals surface area contributed by atoms with E-state index in [2.05, 4.69) is 4.99 Å². The summed E-state index contributed by atoms with van der Waals surface area (Å²) in [4.78, 5) is 38.6. The Kier molecular flexibility index (Phi) is 5.63. The average molecular weight is 295 g/mol. The smallest absolute Gasteiger partial charge is 0.332 e. The van der Waals surface area contributed by atoms with Crippen molar-refractivity contribution in [1.82, 2.24) is 9.13 Å². The summed E-state index contributed by atoms with van der Waals surface area (Å²) in [7, 11) is 2.98. The molecule has 1 aromatic rings. The number of aliphatic carboxylic acids is 1. The predicted molar refractivity (Wildman–Crippen MR) is 80.5 cm³/mol. The zero-order chi connectivity index (χ0) is 16.2. The van der Waals surface area contributed by atoms with Gasteiger partial charge in [-0.15, -0.1) is 0 Å². The highest BCUT2D eigenvalue weighted by atomic mass is 16.4. The number of hydrogen-bond acceptors (Lipinski definition) is 4. The van der Waals surface area contributed by atoms with E-state index in [4.69, 9.17) is 5.11 Å². The molecule has 1 atom stereocenters. The van der Waals surface area contributed by atoms with Gasteiger partial charge in [0.05, 0.1) is 5.56 Å². The van der Waals surface area contributed by atoms with Gasteiger partial charge in [0.15, 0.2) is 0 Å². The number of carboxylic acid groups (broad SMARTS) is 1. The first-order valence-corrected chi connectivity index (χ1v) is 6.82. The van der Waals surface area contributed by atoms with Crippen LogP contribution in [-0.4, -0.2) is 26.4 Å². The monoisotopic (exact) mass is 295 g/mol. The average Bonchev–Trinajstić information content (AvgIpc) is 2.45. The van der Waals surface area contributed by atoms with Gasteiger partial charge in [-0.25, -0.2) is 9.79 Å². The van der Waals surface area contributed by atoms with E-state index in [-0.39, 0.29) is 17.9 Å². The Balaban J connectivity index is 3.12. The van der Waals surface area contributed by atoms with Crippen LogP contribution in [0.3, 0.4) is 0 Å². The number of aliphatic imine (C=N–C) groups is 1. The van der Waals surface area contributed by atoms with Crippen LogP contribution in [0.1, 0.15) is 31.7 Å². The van der Waals surface area contributed by atoms with E-state index in [1.807, 2.05) is 6.92 Å². The molecule has 21 heavy (non-hydrogen) atoms. The highest BCUT2D eigenvalue weighted by Crippen LogP contribution is 2.14. The summed E-state index contributed by atoms with van der Waals surface area (Å²) in [5.41, 5.74) is -0.413. The molecule has 0 fully saturated rings. The minimum absolute atomic E-state index is 0.000315. The van der Waals surface area contributed by atoms with E-state index in [1.165, 1.54) is 11.6 Å². The largest absolute Gasteiger partial charge is 0.481 e. The molecule has 0 aromatic carbocycles. The van der Waals surface area contributed by atoms with Crippen molar-refractivity contribution >= 4 is 18.0 Å². The van der Waals surface area contributed by atoms with Crippen molar-refractivity contribution in [1.29, 1.82) is 0 Å². The Bertz CT molecular complexity index is 633. The first-order chi connectivity index (χ1) is 9.79. The van der Waals surface area contributed by atoms with Crippen LogP contribution in [0.5, 0.6) is 0 Å². The Morgan fingerprint density at radius 2 is 1.95 bits per heavy atom. The lowest BCUT2D eigenvalue weighted by molar-refractivity contribution is -0.137. The second-order valence-corrected chi connectivity index (χ2v) is 5.03. The highest BCUT2D eigenvalue weighted by molar-refractivity contribution is 5.69. The lowest BCUT2D eigenvalue weighted by Gasteiger charge is -2.11.